The zero-order valence-corrected chi connectivity index (χ0v) is 17.1. The third-order valence-corrected chi connectivity index (χ3v) is 4.28. The molecule has 0 saturated heterocycles. The van der Waals surface area contributed by atoms with E-state index in [1.165, 1.54) is 27.6 Å². The van der Waals surface area contributed by atoms with Crippen LogP contribution in [-0.2, 0) is 0 Å². The van der Waals surface area contributed by atoms with E-state index in [-0.39, 0.29) is 5.91 Å². The van der Waals surface area contributed by atoms with Gasteiger partial charge in [0.05, 0.1) is 0 Å². The highest BCUT2D eigenvalue weighted by Crippen LogP contribution is 2.13. The van der Waals surface area contributed by atoms with Crippen LogP contribution in [0.2, 0.25) is 0 Å². The maximum Gasteiger partial charge on any atom is 0.255 e. The highest BCUT2D eigenvalue weighted by atomic mass is 16.1. The highest BCUT2D eigenvalue weighted by Gasteiger charge is 2.00. The van der Waals surface area contributed by atoms with Gasteiger partial charge in [-0.2, -0.15) is 0 Å². The Bertz CT molecular complexity index is 669. The van der Waals surface area contributed by atoms with E-state index in [2.05, 4.69) is 50.9 Å². The van der Waals surface area contributed by atoms with E-state index in [0.717, 1.165) is 44.1 Å². The number of allylic oxidation sites excluding steroid dienone is 8. The normalized spacial score (nSPS) is 13.0. The van der Waals surface area contributed by atoms with Gasteiger partial charge in [0.15, 0.2) is 0 Å². The molecule has 1 rings (SSSR count). The van der Waals surface area contributed by atoms with E-state index in [4.69, 9.17) is 0 Å². The third-order valence-electron chi connectivity index (χ3n) is 4.28. The molecular weight excluding hydrogens is 320 g/mol. The molecule has 0 aliphatic rings. The van der Waals surface area contributed by atoms with Crippen molar-refractivity contribution >= 4 is 5.91 Å². The standard InChI is InChI=1S/C23H34N2O/c1-19(2)9-6-10-20(3)11-7-12-21(4)13-8-14-22(5)17-23(26)25-16-15-24-18-25/h9,11,13,15-18H,6-8,10,12,14H2,1-5H3. The molecule has 142 valence electrons. The summed E-state index contributed by atoms with van der Waals surface area (Å²) in [5, 5.41) is 0. The van der Waals surface area contributed by atoms with E-state index in [9.17, 15) is 4.79 Å². The molecule has 0 unspecified atom stereocenters. The summed E-state index contributed by atoms with van der Waals surface area (Å²) in [6.45, 7) is 10.7. The Morgan fingerprint density at radius 1 is 0.846 bits per heavy atom. The summed E-state index contributed by atoms with van der Waals surface area (Å²) >= 11 is 0. The van der Waals surface area contributed by atoms with Crippen molar-refractivity contribution in [2.24, 2.45) is 0 Å². The van der Waals surface area contributed by atoms with Gasteiger partial charge in [-0.15, -0.1) is 0 Å². The van der Waals surface area contributed by atoms with Gasteiger partial charge in [0.25, 0.3) is 5.91 Å². The molecule has 0 atom stereocenters. The number of carbonyl (C=O) groups excluding carboxylic acids is 1. The van der Waals surface area contributed by atoms with Crippen molar-refractivity contribution in [1.29, 1.82) is 0 Å². The predicted molar refractivity (Wildman–Crippen MR) is 111 cm³/mol. The van der Waals surface area contributed by atoms with Crippen LogP contribution in [0.4, 0.5) is 0 Å². The second-order valence-electron chi connectivity index (χ2n) is 7.30. The molecule has 0 N–H and O–H groups in total. The molecule has 1 aromatic heterocycles. The van der Waals surface area contributed by atoms with Gasteiger partial charge in [-0.3, -0.25) is 9.36 Å². The number of hydrogen-bond donors (Lipinski definition) is 0. The maximum atomic E-state index is 12.0. The molecule has 3 nitrogen and oxygen atoms in total. The molecule has 26 heavy (non-hydrogen) atoms. The number of imidazole rings is 1. The molecule has 0 fully saturated rings. The minimum Gasteiger partial charge on any atom is -0.273 e. The molecule has 0 aliphatic carbocycles. The SMILES string of the molecule is CC(C)=CCCC(C)=CCCC(C)=CCCC(C)=CC(=O)n1ccnc1. The lowest BCUT2D eigenvalue weighted by Crippen LogP contribution is -2.04. The molecular formula is C23H34N2O. The monoisotopic (exact) mass is 354 g/mol. The van der Waals surface area contributed by atoms with E-state index in [1.807, 2.05) is 6.92 Å². The van der Waals surface area contributed by atoms with Crippen LogP contribution in [0.25, 0.3) is 0 Å². The van der Waals surface area contributed by atoms with Crippen molar-refractivity contribution in [2.75, 3.05) is 0 Å². The van der Waals surface area contributed by atoms with Gasteiger partial charge in [-0.25, -0.2) is 4.98 Å². The number of carbonyl (C=O) groups is 1. The number of nitrogens with zero attached hydrogens (tertiary/aromatic N) is 2. The summed E-state index contributed by atoms with van der Waals surface area (Å²) in [7, 11) is 0. The maximum absolute atomic E-state index is 12.0. The molecule has 0 amide bonds. The van der Waals surface area contributed by atoms with Gasteiger partial charge in [0, 0.05) is 18.5 Å². The second kappa shape index (κ2) is 12.2. The summed E-state index contributed by atoms with van der Waals surface area (Å²) in [6.07, 6.45) is 19.9. The van der Waals surface area contributed by atoms with Crippen molar-refractivity contribution < 1.29 is 4.79 Å². The van der Waals surface area contributed by atoms with Gasteiger partial charge in [-0.1, -0.05) is 40.5 Å². The third kappa shape index (κ3) is 9.97. The summed E-state index contributed by atoms with van der Waals surface area (Å²) < 4.78 is 1.50. The first kappa shape index (κ1) is 21.9. The smallest absolute Gasteiger partial charge is 0.255 e. The van der Waals surface area contributed by atoms with Gasteiger partial charge in [0.1, 0.15) is 6.33 Å². The Balaban J connectivity index is 2.30. The Morgan fingerprint density at radius 3 is 1.88 bits per heavy atom. The first-order valence-corrected chi connectivity index (χ1v) is 9.52. The number of rotatable bonds is 10. The van der Waals surface area contributed by atoms with Crippen molar-refractivity contribution in [1.82, 2.24) is 9.55 Å². The summed E-state index contributed by atoms with van der Waals surface area (Å²) in [6, 6.07) is 0. The topological polar surface area (TPSA) is 34.9 Å². The van der Waals surface area contributed by atoms with Crippen LogP contribution in [0.15, 0.2) is 65.3 Å². The quantitative estimate of drug-likeness (QED) is 0.347. The Labute approximate surface area is 159 Å². The van der Waals surface area contributed by atoms with Crippen LogP contribution < -0.4 is 0 Å². The molecule has 0 aromatic carbocycles. The van der Waals surface area contributed by atoms with E-state index < -0.39 is 0 Å². The van der Waals surface area contributed by atoms with Crippen LogP contribution in [0.3, 0.4) is 0 Å². The van der Waals surface area contributed by atoms with E-state index in [1.54, 1.807) is 18.5 Å². The summed E-state index contributed by atoms with van der Waals surface area (Å²) in [5.41, 5.74) is 5.40. The zero-order valence-electron chi connectivity index (χ0n) is 17.1. The molecule has 1 heterocycles. The zero-order chi connectivity index (χ0) is 19.4. The van der Waals surface area contributed by atoms with Crippen LogP contribution in [-0.4, -0.2) is 15.5 Å². The van der Waals surface area contributed by atoms with Gasteiger partial charge < -0.3 is 0 Å². The van der Waals surface area contributed by atoms with Crippen LogP contribution in [0.5, 0.6) is 0 Å². The average Bonchev–Trinajstić information content (AvgIpc) is 3.09. The molecule has 3 heteroatoms. The van der Waals surface area contributed by atoms with Crippen LogP contribution in [0.1, 0.15) is 77.9 Å². The lowest BCUT2D eigenvalue weighted by Gasteiger charge is -2.03. The minimum atomic E-state index is -0.0329. The van der Waals surface area contributed by atoms with Crippen molar-refractivity contribution in [3.05, 3.63) is 65.3 Å². The number of aromatic nitrogens is 2. The van der Waals surface area contributed by atoms with E-state index in [0.29, 0.717) is 0 Å². The average molecular weight is 355 g/mol. The number of hydrogen-bond acceptors (Lipinski definition) is 2. The van der Waals surface area contributed by atoms with Gasteiger partial charge in [0.2, 0.25) is 0 Å². The Hall–Kier alpha value is -2.16. The Kier molecular flexibility index (Phi) is 10.3. The molecule has 0 radical (unpaired) electrons. The lowest BCUT2D eigenvalue weighted by molar-refractivity contribution is 0.0967. The van der Waals surface area contributed by atoms with Crippen molar-refractivity contribution in [3.63, 3.8) is 0 Å². The van der Waals surface area contributed by atoms with Crippen molar-refractivity contribution in [2.45, 2.75) is 73.1 Å². The van der Waals surface area contributed by atoms with Crippen LogP contribution in [0, 0.1) is 0 Å². The largest absolute Gasteiger partial charge is 0.273 e. The second-order valence-corrected chi connectivity index (χ2v) is 7.30. The fourth-order valence-corrected chi connectivity index (χ4v) is 2.63. The Morgan fingerprint density at radius 2 is 1.38 bits per heavy atom. The molecule has 0 spiro atoms. The fourth-order valence-electron chi connectivity index (χ4n) is 2.63. The molecule has 0 saturated carbocycles. The predicted octanol–water partition coefficient (Wildman–Crippen LogP) is 6.67. The van der Waals surface area contributed by atoms with Crippen LogP contribution >= 0.6 is 0 Å². The summed E-state index contributed by atoms with van der Waals surface area (Å²) in [5.74, 6) is -0.0329. The summed E-state index contributed by atoms with van der Waals surface area (Å²) in [4.78, 5) is 15.8. The van der Waals surface area contributed by atoms with E-state index >= 15 is 0 Å². The van der Waals surface area contributed by atoms with Gasteiger partial charge >= 0.3 is 0 Å². The minimum absolute atomic E-state index is 0.0329. The van der Waals surface area contributed by atoms with Gasteiger partial charge in [-0.05, 0) is 73.1 Å². The first-order valence-electron chi connectivity index (χ1n) is 9.52. The molecule has 1 aromatic rings. The molecule has 0 aliphatic heterocycles. The fraction of sp³-hybridized carbons (Fsp3) is 0.478. The highest BCUT2D eigenvalue weighted by molar-refractivity contribution is 5.90. The molecule has 0 bridgehead atoms. The first-order chi connectivity index (χ1) is 12.4. The lowest BCUT2D eigenvalue weighted by atomic mass is 10.0. The van der Waals surface area contributed by atoms with Crippen molar-refractivity contribution in [3.8, 4) is 0 Å².